The van der Waals surface area contributed by atoms with Crippen molar-refractivity contribution in [3.05, 3.63) is 59.7 Å². The number of guanidine groups is 1. The Balaban J connectivity index is 2.04. The number of benzene rings is 2. The van der Waals surface area contributed by atoms with Crippen LogP contribution in [0.2, 0.25) is 0 Å². The zero-order valence-electron chi connectivity index (χ0n) is 13.6. The van der Waals surface area contributed by atoms with E-state index in [4.69, 9.17) is 15.2 Å². The van der Waals surface area contributed by atoms with Crippen LogP contribution in [-0.4, -0.2) is 26.1 Å². The van der Waals surface area contributed by atoms with E-state index in [1.54, 1.807) is 26.4 Å². The molecular weight excluding hydrogens is 306 g/mol. The smallest absolute Gasteiger partial charge is 0.259 e. The Morgan fingerprint density at radius 2 is 1.79 bits per heavy atom. The largest absolute Gasteiger partial charge is 0.497 e. The summed E-state index contributed by atoms with van der Waals surface area (Å²) in [5, 5.41) is 2.61. The number of methoxy groups -OCH3 is 2. The van der Waals surface area contributed by atoms with E-state index in [9.17, 15) is 4.79 Å². The van der Waals surface area contributed by atoms with Crippen LogP contribution >= 0.6 is 0 Å². The molecule has 0 spiro atoms. The van der Waals surface area contributed by atoms with E-state index < -0.39 is 5.54 Å². The summed E-state index contributed by atoms with van der Waals surface area (Å²) >= 11 is 0. The number of amides is 1. The fourth-order valence-electron chi connectivity index (χ4n) is 2.87. The summed E-state index contributed by atoms with van der Waals surface area (Å²) in [5.74, 6) is 1.32. The average molecular weight is 325 g/mol. The van der Waals surface area contributed by atoms with E-state index in [1.165, 1.54) is 0 Å². The molecule has 1 amide bonds. The van der Waals surface area contributed by atoms with E-state index in [-0.39, 0.29) is 11.9 Å². The molecule has 0 aliphatic carbocycles. The van der Waals surface area contributed by atoms with Gasteiger partial charge in [-0.2, -0.15) is 0 Å². The summed E-state index contributed by atoms with van der Waals surface area (Å²) in [4.78, 5) is 17.1. The van der Waals surface area contributed by atoms with E-state index in [2.05, 4.69) is 10.3 Å². The molecule has 2 aromatic carbocycles. The topological polar surface area (TPSA) is 85.9 Å². The molecule has 0 saturated heterocycles. The lowest BCUT2D eigenvalue weighted by atomic mass is 9.84. The number of nitrogens with two attached hydrogens (primary N) is 1. The predicted octanol–water partition coefficient (Wildman–Crippen LogP) is 1.59. The van der Waals surface area contributed by atoms with Crippen LogP contribution in [0.15, 0.2) is 53.5 Å². The number of nitrogens with one attached hydrogen (secondary N) is 1. The molecule has 3 rings (SSSR count). The highest BCUT2D eigenvalue weighted by Gasteiger charge is 2.45. The van der Waals surface area contributed by atoms with Crippen LogP contribution in [0.3, 0.4) is 0 Å². The van der Waals surface area contributed by atoms with Crippen molar-refractivity contribution in [3.8, 4) is 11.5 Å². The summed E-state index contributed by atoms with van der Waals surface area (Å²) in [6.07, 6.45) is 0.378. The first-order valence-corrected chi connectivity index (χ1v) is 7.51. The minimum Gasteiger partial charge on any atom is -0.497 e. The van der Waals surface area contributed by atoms with Crippen LogP contribution in [0.5, 0.6) is 11.5 Å². The zero-order chi connectivity index (χ0) is 17.2. The summed E-state index contributed by atoms with van der Waals surface area (Å²) < 4.78 is 10.4. The maximum Gasteiger partial charge on any atom is 0.259 e. The molecule has 1 unspecified atom stereocenters. The van der Waals surface area contributed by atoms with Crippen LogP contribution in [0.4, 0.5) is 0 Å². The number of rotatable bonds is 5. The SMILES string of the molecule is COc1ccc(C2(Cc3cccc(OC)c3)N=C(N)NC2=O)cc1. The number of aliphatic imine (C=N–C) groups is 1. The average Bonchev–Trinajstić information content (AvgIpc) is 2.89. The van der Waals surface area contributed by atoms with E-state index >= 15 is 0 Å². The lowest BCUT2D eigenvalue weighted by Gasteiger charge is -2.24. The Bertz CT molecular complexity index is 786. The van der Waals surface area contributed by atoms with Gasteiger partial charge in [0.25, 0.3) is 5.91 Å². The fourth-order valence-corrected chi connectivity index (χ4v) is 2.87. The highest BCUT2D eigenvalue weighted by molar-refractivity contribution is 6.07. The molecule has 6 nitrogen and oxygen atoms in total. The summed E-state index contributed by atoms with van der Waals surface area (Å²) in [6.45, 7) is 0. The predicted molar refractivity (Wildman–Crippen MR) is 91.1 cm³/mol. The van der Waals surface area contributed by atoms with Crippen LogP contribution < -0.4 is 20.5 Å². The third-order valence-electron chi connectivity index (χ3n) is 4.09. The van der Waals surface area contributed by atoms with Gasteiger partial charge < -0.3 is 15.2 Å². The number of carbonyl (C=O) groups is 1. The second-order valence-electron chi connectivity index (χ2n) is 5.57. The summed E-state index contributed by atoms with van der Waals surface area (Å²) in [5.41, 5.74) is 6.36. The number of hydrogen-bond acceptors (Lipinski definition) is 5. The minimum absolute atomic E-state index is 0.124. The molecule has 2 aromatic rings. The van der Waals surface area contributed by atoms with Crippen molar-refractivity contribution in [2.24, 2.45) is 10.7 Å². The summed E-state index contributed by atoms with van der Waals surface area (Å²) in [6, 6.07) is 14.8. The Kier molecular flexibility index (Phi) is 4.12. The van der Waals surface area contributed by atoms with Gasteiger partial charge in [0.2, 0.25) is 0 Å². The molecule has 3 N–H and O–H groups in total. The summed E-state index contributed by atoms with van der Waals surface area (Å²) in [7, 11) is 3.20. The van der Waals surface area contributed by atoms with Gasteiger partial charge in [0.1, 0.15) is 11.5 Å². The Morgan fingerprint density at radius 1 is 1.08 bits per heavy atom. The molecule has 124 valence electrons. The highest BCUT2D eigenvalue weighted by atomic mass is 16.5. The molecule has 1 atom stereocenters. The van der Waals surface area contributed by atoms with Crippen molar-refractivity contribution >= 4 is 11.9 Å². The van der Waals surface area contributed by atoms with E-state index in [1.807, 2.05) is 36.4 Å². The third-order valence-corrected chi connectivity index (χ3v) is 4.09. The van der Waals surface area contributed by atoms with Gasteiger partial charge in [0.05, 0.1) is 14.2 Å². The van der Waals surface area contributed by atoms with Gasteiger partial charge in [0.15, 0.2) is 11.5 Å². The monoisotopic (exact) mass is 325 g/mol. The Hall–Kier alpha value is -3.02. The van der Waals surface area contributed by atoms with Crippen LogP contribution in [0.25, 0.3) is 0 Å². The number of ether oxygens (including phenoxy) is 2. The Labute approximate surface area is 140 Å². The highest BCUT2D eigenvalue weighted by Crippen LogP contribution is 2.34. The molecule has 0 bridgehead atoms. The molecule has 6 heteroatoms. The van der Waals surface area contributed by atoms with Gasteiger partial charge >= 0.3 is 0 Å². The second-order valence-corrected chi connectivity index (χ2v) is 5.57. The number of nitrogens with zero attached hydrogens (tertiary/aromatic N) is 1. The third kappa shape index (κ3) is 2.78. The van der Waals surface area contributed by atoms with Gasteiger partial charge in [-0.1, -0.05) is 24.3 Å². The second kappa shape index (κ2) is 6.23. The molecule has 1 aliphatic rings. The van der Waals surface area contributed by atoms with Crippen LogP contribution in [0, 0.1) is 0 Å². The molecule has 0 radical (unpaired) electrons. The van der Waals surface area contributed by atoms with Gasteiger partial charge in [-0.3, -0.25) is 10.1 Å². The molecule has 1 heterocycles. The van der Waals surface area contributed by atoms with Crippen LogP contribution in [0.1, 0.15) is 11.1 Å². The standard InChI is InChI=1S/C18H19N3O3/c1-23-14-8-6-13(7-9-14)18(16(22)20-17(19)21-18)11-12-4-3-5-15(10-12)24-2/h3-10H,11H2,1-2H3,(H3,19,20,21,22). The molecule has 1 aliphatic heterocycles. The van der Waals surface area contributed by atoms with Crippen molar-refractivity contribution in [2.75, 3.05) is 14.2 Å². The van der Waals surface area contributed by atoms with E-state index in [0.717, 1.165) is 16.9 Å². The van der Waals surface area contributed by atoms with Crippen molar-refractivity contribution < 1.29 is 14.3 Å². The van der Waals surface area contributed by atoms with Gasteiger partial charge in [-0.15, -0.1) is 0 Å². The number of hydrogen-bond donors (Lipinski definition) is 2. The van der Waals surface area contributed by atoms with Gasteiger partial charge in [-0.05, 0) is 35.4 Å². The van der Waals surface area contributed by atoms with Gasteiger partial charge in [0, 0.05) is 6.42 Å². The molecule has 0 saturated carbocycles. The number of carbonyl (C=O) groups excluding carboxylic acids is 1. The normalized spacial score (nSPS) is 19.6. The first-order chi connectivity index (χ1) is 11.6. The fraction of sp³-hybridized carbons (Fsp3) is 0.222. The molecule has 0 fully saturated rings. The van der Waals surface area contributed by atoms with Crippen LogP contribution in [-0.2, 0) is 16.8 Å². The maximum atomic E-state index is 12.7. The minimum atomic E-state index is -1.09. The van der Waals surface area contributed by atoms with Crippen molar-refractivity contribution in [3.63, 3.8) is 0 Å². The lowest BCUT2D eigenvalue weighted by molar-refractivity contribution is -0.124. The molecule has 24 heavy (non-hydrogen) atoms. The van der Waals surface area contributed by atoms with Gasteiger partial charge in [-0.25, -0.2) is 4.99 Å². The zero-order valence-corrected chi connectivity index (χ0v) is 13.6. The Morgan fingerprint density at radius 3 is 2.38 bits per heavy atom. The van der Waals surface area contributed by atoms with E-state index in [0.29, 0.717) is 12.2 Å². The van der Waals surface area contributed by atoms with Crippen molar-refractivity contribution in [2.45, 2.75) is 12.0 Å². The first kappa shape index (κ1) is 15.9. The van der Waals surface area contributed by atoms with Crippen molar-refractivity contribution in [1.29, 1.82) is 0 Å². The quantitative estimate of drug-likeness (QED) is 0.874. The lowest BCUT2D eigenvalue weighted by Crippen LogP contribution is -2.40. The molecular formula is C18H19N3O3. The first-order valence-electron chi connectivity index (χ1n) is 7.51. The van der Waals surface area contributed by atoms with Crippen molar-refractivity contribution in [1.82, 2.24) is 5.32 Å². The molecule has 0 aromatic heterocycles. The maximum absolute atomic E-state index is 12.7.